The quantitative estimate of drug-likeness (QED) is 0.927. The van der Waals surface area contributed by atoms with Crippen LogP contribution in [-0.2, 0) is 4.79 Å². The van der Waals surface area contributed by atoms with Crippen molar-refractivity contribution in [1.29, 1.82) is 0 Å². The number of carbonyl (C=O) groups excluding carboxylic acids is 1. The standard InChI is InChI=1S/C17H19N3O4/c1-8-6-20(7-12(8)17(22)23)16(21)11-5-13(10-3-4-10)18-15-14(11)9(2)19-24-15/h5,8,10,12H,3-4,6-7H2,1-2H3,(H,22,23)/t8-,12-/m1/s1. The molecule has 2 aromatic rings. The Bertz CT molecular complexity index is 840. The van der Waals surface area contributed by atoms with E-state index in [4.69, 9.17) is 4.52 Å². The van der Waals surface area contributed by atoms with Crippen LogP contribution >= 0.6 is 0 Å². The molecule has 7 heteroatoms. The van der Waals surface area contributed by atoms with Gasteiger partial charge in [-0.2, -0.15) is 0 Å². The van der Waals surface area contributed by atoms with Gasteiger partial charge in [0.2, 0.25) is 0 Å². The van der Waals surface area contributed by atoms with Crippen molar-refractivity contribution in [3.63, 3.8) is 0 Å². The molecule has 0 aromatic carbocycles. The summed E-state index contributed by atoms with van der Waals surface area (Å²) in [7, 11) is 0. The van der Waals surface area contributed by atoms with Crippen molar-refractivity contribution in [2.24, 2.45) is 11.8 Å². The Balaban J connectivity index is 1.74. The first-order valence-corrected chi connectivity index (χ1v) is 8.24. The van der Waals surface area contributed by atoms with Gasteiger partial charge in [-0.15, -0.1) is 0 Å². The molecule has 3 heterocycles. The Morgan fingerprint density at radius 3 is 2.71 bits per heavy atom. The Hall–Kier alpha value is -2.44. The second kappa shape index (κ2) is 5.29. The highest BCUT2D eigenvalue weighted by Crippen LogP contribution is 2.41. The minimum Gasteiger partial charge on any atom is -0.481 e. The lowest BCUT2D eigenvalue weighted by atomic mass is 9.99. The predicted molar refractivity (Wildman–Crippen MR) is 84.7 cm³/mol. The predicted octanol–water partition coefficient (Wildman–Crippen LogP) is 2.20. The van der Waals surface area contributed by atoms with E-state index >= 15 is 0 Å². The number of carboxylic acids is 1. The lowest BCUT2D eigenvalue weighted by molar-refractivity contribution is -0.142. The maximum Gasteiger partial charge on any atom is 0.308 e. The van der Waals surface area contributed by atoms with Crippen LogP contribution in [0.2, 0.25) is 0 Å². The second-order valence-corrected chi connectivity index (χ2v) is 6.95. The number of hydrogen-bond donors (Lipinski definition) is 1. The van der Waals surface area contributed by atoms with Crippen molar-refractivity contribution in [3.8, 4) is 0 Å². The van der Waals surface area contributed by atoms with Gasteiger partial charge in [0.15, 0.2) is 0 Å². The molecule has 1 saturated heterocycles. The van der Waals surface area contributed by atoms with Gasteiger partial charge in [0, 0.05) is 24.7 Å². The minimum atomic E-state index is -0.850. The molecule has 4 rings (SSSR count). The Morgan fingerprint density at radius 1 is 1.33 bits per heavy atom. The first-order valence-electron chi connectivity index (χ1n) is 8.24. The van der Waals surface area contributed by atoms with Crippen molar-refractivity contribution >= 4 is 23.0 Å². The zero-order chi connectivity index (χ0) is 17.0. The molecular formula is C17H19N3O4. The van der Waals surface area contributed by atoms with Gasteiger partial charge >= 0.3 is 5.97 Å². The normalized spacial score (nSPS) is 23.8. The maximum atomic E-state index is 13.1. The molecule has 24 heavy (non-hydrogen) atoms. The molecule has 1 aliphatic heterocycles. The van der Waals surface area contributed by atoms with Crippen molar-refractivity contribution in [3.05, 3.63) is 23.0 Å². The fraction of sp³-hybridized carbons (Fsp3) is 0.529. The number of nitrogens with zero attached hydrogens (tertiary/aromatic N) is 3. The van der Waals surface area contributed by atoms with Gasteiger partial charge in [-0.05, 0) is 31.7 Å². The van der Waals surface area contributed by atoms with Crippen LogP contribution in [0, 0.1) is 18.8 Å². The average Bonchev–Trinajstić information content (AvgIpc) is 3.23. The first kappa shape index (κ1) is 15.1. The summed E-state index contributed by atoms with van der Waals surface area (Å²) in [6.07, 6.45) is 2.14. The molecule has 7 nitrogen and oxygen atoms in total. The van der Waals surface area contributed by atoms with Crippen LogP contribution in [0.3, 0.4) is 0 Å². The molecule has 2 fully saturated rings. The summed E-state index contributed by atoms with van der Waals surface area (Å²) >= 11 is 0. The van der Waals surface area contributed by atoms with Gasteiger partial charge in [-0.1, -0.05) is 12.1 Å². The number of pyridine rings is 1. The molecule has 1 aliphatic carbocycles. The van der Waals surface area contributed by atoms with E-state index in [9.17, 15) is 14.7 Å². The van der Waals surface area contributed by atoms with Gasteiger partial charge in [-0.25, -0.2) is 4.98 Å². The largest absolute Gasteiger partial charge is 0.481 e. The summed E-state index contributed by atoms with van der Waals surface area (Å²) < 4.78 is 5.28. The SMILES string of the molecule is Cc1noc2nc(C3CC3)cc(C(=O)N3C[C@@H](C)[C@H](C(=O)O)C3)c12. The topological polar surface area (TPSA) is 96.5 Å². The van der Waals surface area contributed by atoms with Crippen LogP contribution in [0.1, 0.15) is 47.4 Å². The van der Waals surface area contributed by atoms with Crippen molar-refractivity contribution in [2.45, 2.75) is 32.6 Å². The van der Waals surface area contributed by atoms with E-state index in [-0.39, 0.29) is 18.4 Å². The van der Waals surface area contributed by atoms with Crippen LogP contribution < -0.4 is 0 Å². The summed E-state index contributed by atoms with van der Waals surface area (Å²) in [5, 5.41) is 13.9. The number of aromatic nitrogens is 2. The molecule has 2 atom stereocenters. The average molecular weight is 329 g/mol. The van der Waals surface area contributed by atoms with Gasteiger partial charge in [0.05, 0.1) is 22.6 Å². The summed E-state index contributed by atoms with van der Waals surface area (Å²) in [5.74, 6) is -1.20. The third-order valence-electron chi connectivity index (χ3n) is 5.08. The van der Waals surface area contributed by atoms with Gasteiger partial charge in [0.25, 0.3) is 11.6 Å². The van der Waals surface area contributed by atoms with E-state index in [2.05, 4.69) is 10.1 Å². The Labute approximate surface area is 138 Å². The minimum absolute atomic E-state index is 0.0600. The molecule has 1 N–H and O–H groups in total. The van der Waals surface area contributed by atoms with E-state index < -0.39 is 11.9 Å². The lowest BCUT2D eigenvalue weighted by Crippen LogP contribution is -2.30. The molecule has 1 saturated carbocycles. The summed E-state index contributed by atoms with van der Waals surface area (Å²) in [6.45, 7) is 4.34. The highest BCUT2D eigenvalue weighted by molar-refractivity contribution is 6.06. The molecule has 0 spiro atoms. The van der Waals surface area contributed by atoms with Crippen molar-refractivity contribution < 1.29 is 19.2 Å². The van der Waals surface area contributed by atoms with Crippen LogP contribution in [0.25, 0.3) is 11.1 Å². The van der Waals surface area contributed by atoms with E-state index in [1.807, 2.05) is 13.0 Å². The molecule has 0 bridgehead atoms. The lowest BCUT2D eigenvalue weighted by Gasteiger charge is -2.17. The van der Waals surface area contributed by atoms with E-state index in [1.165, 1.54) is 0 Å². The number of fused-ring (bicyclic) bond motifs is 1. The number of rotatable bonds is 3. The highest BCUT2D eigenvalue weighted by atomic mass is 16.5. The zero-order valence-corrected chi connectivity index (χ0v) is 13.7. The maximum absolute atomic E-state index is 13.1. The summed E-state index contributed by atoms with van der Waals surface area (Å²) in [5.41, 5.74) is 2.41. The van der Waals surface area contributed by atoms with Crippen LogP contribution in [0.5, 0.6) is 0 Å². The van der Waals surface area contributed by atoms with E-state index in [0.717, 1.165) is 18.5 Å². The fourth-order valence-corrected chi connectivity index (χ4v) is 3.50. The fourth-order valence-electron chi connectivity index (χ4n) is 3.50. The molecule has 2 aromatic heterocycles. The Kier molecular flexibility index (Phi) is 3.33. The van der Waals surface area contributed by atoms with Gasteiger partial charge in [0.1, 0.15) is 0 Å². The smallest absolute Gasteiger partial charge is 0.308 e. The number of aryl methyl sites for hydroxylation is 1. The molecule has 0 radical (unpaired) electrons. The third-order valence-corrected chi connectivity index (χ3v) is 5.08. The van der Waals surface area contributed by atoms with E-state index in [1.54, 1.807) is 11.8 Å². The molecular weight excluding hydrogens is 310 g/mol. The number of amides is 1. The third kappa shape index (κ3) is 2.35. The van der Waals surface area contributed by atoms with E-state index in [0.29, 0.717) is 34.8 Å². The van der Waals surface area contributed by atoms with Crippen molar-refractivity contribution in [2.75, 3.05) is 13.1 Å². The molecule has 126 valence electrons. The van der Waals surface area contributed by atoms with Crippen LogP contribution in [0.4, 0.5) is 0 Å². The van der Waals surface area contributed by atoms with Crippen LogP contribution in [0.15, 0.2) is 10.6 Å². The monoisotopic (exact) mass is 329 g/mol. The number of carboxylic acid groups (broad SMARTS) is 1. The van der Waals surface area contributed by atoms with Crippen molar-refractivity contribution in [1.82, 2.24) is 15.0 Å². The zero-order valence-electron chi connectivity index (χ0n) is 13.7. The van der Waals surface area contributed by atoms with Gasteiger partial charge < -0.3 is 14.5 Å². The molecule has 2 aliphatic rings. The van der Waals surface area contributed by atoms with Gasteiger partial charge in [-0.3, -0.25) is 9.59 Å². The summed E-state index contributed by atoms with van der Waals surface area (Å²) in [6, 6.07) is 1.84. The number of carbonyl (C=O) groups is 2. The number of hydrogen-bond acceptors (Lipinski definition) is 5. The molecule has 1 amide bonds. The Morgan fingerprint density at radius 2 is 2.08 bits per heavy atom. The van der Waals surface area contributed by atoms with Crippen LogP contribution in [-0.4, -0.2) is 45.1 Å². The second-order valence-electron chi connectivity index (χ2n) is 6.95. The highest BCUT2D eigenvalue weighted by Gasteiger charge is 2.38. The number of aliphatic carboxylic acids is 1. The number of likely N-dealkylation sites (tertiary alicyclic amines) is 1. The first-order chi connectivity index (χ1) is 11.5. The molecule has 0 unspecified atom stereocenters. The summed E-state index contributed by atoms with van der Waals surface area (Å²) in [4.78, 5) is 30.5.